The molecule has 2 heterocycles. The smallest absolute Gasteiger partial charge is 0.345 e. The molecule has 4 nitrogen and oxygen atoms in total. The zero-order valence-corrected chi connectivity index (χ0v) is 12.4. The molecule has 0 saturated heterocycles. The van der Waals surface area contributed by atoms with Gasteiger partial charge in [0, 0.05) is 17.1 Å². The SMILES string of the molecule is COc1ccc(-c2cnc3c(c2)c(=O)oc2ccccc23)cc1. The zero-order valence-electron chi connectivity index (χ0n) is 12.4. The standard InChI is InChI=1S/C19H13NO3/c1-22-14-8-6-12(7-9-14)13-10-16-18(20-11-13)15-4-2-3-5-17(15)23-19(16)21/h2-11H,1H3. The van der Waals surface area contributed by atoms with Crippen LogP contribution in [0.2, 0.25) is 0 Å². The molecular weight excluding hydrogens is 290 g/mol. The Kier molecular flexibility index (Phi) is 3.08. The van der Waals surface area contributed by atoms with Crippen molar-refractivity contribution in [2.24, 2.45) is 0 Å². The fraction of sp³-hybridized carbons (Fsp3) is 0.0526. The van der Waals surface area contributed by atoms with Crippen molar-refractivity contribution in [2.75, 3.05) is 7.11 Å². The Morgan fingerprint density at radius 3 is 2.52 bits per heavy atom. The molecule has 0 aliphatic rings. The summed E-state index contributed by atoms with van der Waals surface area (Å²) >= 11 is 0. The molecule has 0 atom stereocenters. The molecule has 0 aliphatic heterocycles. The van der Waals surface area contributed by atoms with Crippen molar-refractivity contribution >= 4 is 21.9 Å². The lowest BCUT2D eigenvalue weighted by Gasteiger charge is -2.06. The van der Waals surface area contributed by atoms with Gasteiger partial charge in [0.05, 0.1) is 18.0 Å². The van der Waals surface area contributed by atoms with Crippen LogP contribution in [0.25, 0.3) is 33.0 Å². The Bertz CT molecular complexity index is 1070. The number of fused-ring (bicyclic) bond motifs is 3. The molecule has 4 rings (SSSR count). The first-order chi connectivity index (χ1) is 11.3. The first-order valence-corrected chi connectivity index (χ1v) is 7.22. The lowest BCUT2D eigenvalue weighted by Crippen LogP contribution is -2.01. The second-order valence-electron chi connectivity index (χ2n) is 5.23. The minimum atomic E-state index is -0.374. The summed E-state index contributed by atoms with van der Waals surface area (Å²) in [5.74, 6) is 0.785. The van der Waals surface area contributed by atoms with Crippen LogP contribution in [-0.2, 0) is 0 Å². The molecule has 0 radical (unpaired) electrons. The molecule has 2 aromatic heterocycles. The monoisotopic (exact) mass is 303 g/mol. The molecular formula is C19H13NO3. The van der Waals surface area contributed by atoms with Gasteiger partial charge in [-0.1, -0.05) is 24.3 Å². The van der Waals surface area contributed by atoms with Crippen LogP contribution in [-0.4, -0.2) is 12.1 Å². The summed E-state index contributed by atoms with van der Waals surface area (Å²) in [6.45, 7) is 0. The predicted molar refractivity (Wildman–Crippen MR) is 89.8 cm³/mol. The molecule has 4 aromatic rings. The molecule has 0 spiro atoms. The van der Waals surface area contributed by atoms with Gasteiger partial charge in [-0.3, -0.25) is 4.98 Å². The number of ether oxygens (including phenoxy) is 1. The van der Waals surface area contributed by atoms with Crippen LogP contribution in [0.4, 0.5) is 0 Å². The van der Waals surface area contributed by atoms with Crippen LogP contribution in [0, 0.1) is 0 Å². The number of nitrogens with zero attached hydrogens (tertiary/aromatic N) is 1. The van der Waals surface area contributed by atoms with Gasteiger partial charge >= 0.3 is 5.63 Å². The van der Waals surface area contributed by atoms with Gasteiger partial charge in [-0.2, -0.15) is 0 Å². The van der Waals surface area contributed by atoms with E-state index >= 15 is 0 Å². The minimum absolute atomic E-state index is 0.374. The highest BCUT2D eigenvalue weighted by atomic mass is 16.5. The van der Waals surface area contributed by atoms with Crippen molar-refractivity contribution in [3.8, 4) is 16.9 Å². The molecule has 23 heavy (non-hydrogen) atoms. The van der Waals surface area contributed by atoms with Crippen molar-refractivity contribution < 1.29 is 9.15 Å². The second kappa shape index (κ2) is 5.25. The largest absolute Gasteiger partial charge is 0.497 e. The van der Waals surface area contributed by atoms with E-state index in [4.69, 9.17) is 9.15 Å². The van der Waals surface area contributed by atoms with Crippen LogP contribution in [0.1, 0.15) is 0 Å². The maximum absolute atomic E-state index is 12.3. The van der Waals surface area contributed by atoms with Crippen LogP contribution >= 0.6 is 0 Å². The Hall–Kier alpha value is -3.14. The van der Waals surface area contributed by atoms with Gasteiger partial charge in [0.2, 0.25) is 0 Å². The van der Waals surface area contributed by atoms with Crippen molar-refractivity contribution in [2.45, 2.75) is 0 Å². The van der Waals surface area contributed by atoms with Gasteiger partial charge in [-0.25, -0.2) is 4.79 Å². The number of para-hydroxylation sites is 1. The first-order valence-electron chi connectivity index (χ1n) is 7.22. The van der Waals surface area contributed by atoms with E-state index in [2.05, 4.69) is 4.98 Å². The minimum Gasteiger partial charge on any atom is -0.497 e. The van der Waals surface area contributed by atoms with E-state index in [1.165, 1.54) is 0 Å². The molecule has 0 bridgehead atoms. The number of rotatable bonds is 2. The highest BCUT2D eigenvalue weighted by molar-refractivity contribution is 6.02. The van der Waals surface area contributed by atoms with Gasteiger partial charge in [-0.05, 0) is 35.9 Å². The number of methoxy groups -OCH3 is 1. The summed E-state index contributed by atoms with van der Waals surface area (Å²) in [6.07, 6.45) is 1.77. The van der Waals surface area contributed by atoms with Crippen LogP contribution < -0.4 is 10.4 Å². The summed E-state index contributed by atoms with van der Waals surface area (Å²) in [6, 6.07) is 16.9. The summed E-state index contributed by atoms with van der Waals surface area (Å²) in [5, 5.41) is 1.32. The molecule has 0 N–H and O–H groups in total. The molecule has 0 saturated carbocycles. The molecule has 0 amide bonds. The van der Waals surface area contributed by atoms with Gasteiger partial charge in [-0.15, -0.1) is 0 Å². The third-order valence-electron chi connectivity index (χ3n) is 3.88. The average molecular weight is 303 g/mol. The lowest BCUT2D eigenvalue weighted by molar-refractivity contribution is 0.415. The maximum atomic E-state index is 12.3. The molecule has 0 fully saturated rings. The Morgan fingerprint density at radius 1 is 0.957 bits per heavy atom. The maximum Gasteiger partial charge on any atom is 0.345 e. The predicted octanol–water partition coefficient (Wildman–Crippen LogP) is 4.02. The van der Waals surface area contributed by atoms with Crippen molar-refractivity contribution in [1.82, 2.24) is 4.98 Å². The third-order valence-corrected chi connectivity index (χ3v) is 3.88. The third kappa shape index (κ3) is 2.25. The molecule has 112 valence electrons. The van der Waals surface area contributed by atoms with Crippen molar-refractivity contribution in [1.29, 1.82) is 0 Å². The lowest BCUT2D eigenvalue weighted by atomic mass is 10.1. The second-order valence-corrected chi connectivity index (χ2v) is 5.23. The summed E-state index contributed by atoms with van der Waals surface area (Å²) in [7, 11) is 1.63. The number of aromatic nitrogens is 1. The van der Waals surface area contributed by atoms with E-state index in [1.807, 2.05) is 48.5 Å². The number of hydrogen-bond acceptors (Lipinski definition) is 4. The van der Waals surface area contributed by atoms with E-state index in [-0.39, 0.29) is 5.63 Å². The number of pyridine rings is 1. The van der Waals surface area contributed by atoms with Gasteiger partial charge in [0.1, 0.15) is 11.3 Å². The Labute approximate surface area is 132 Å². The molecule has 0 unspecified atom stereocenters. The first kappa shape index (κ1) is 13.5. The highest BCUT2D eigenvalue weighted by Crippen LogP contribution is 2.26. The van der Waals surface area contributed by atoms with Gasteiger partial charge < -0.3 is 9.15 Å². The topological polar surface area (TPSA) is 52.3 Å². The summed E-state index contributed by atoms with van der Waals surface area (Å²) in [5.41, 5.74) is 2.67. The Morgan fingerprint density at radius 2 is 1.74 bits per heavy atom. The summed E-state index contributed by atoms with van der Waals surface area (Å²) in [4.78, 5) is 16.7. The Balaban J connectivity index is 1.95. The van der Waals surface area contributed by atoms with E-state index < -0.39 is 0 Å². The quantitative estimate of drug-likeness (QED) is 0.414. The number of hydrogen-bond donors (Lipinski definition) is 0. The van der Waals surface area contributed by atoms with E-state index in [0.717, 1.165) is 22.3 Å². The van der Waals surface area contributed by atoms with Crippen molar-refractivity contribution in [3.63, 3.8) is 0 Å². The van der Waals surface area contributed by atoms with E-state index in [9.17, 15) is 4.79 Å². The van der Waals surface area contributed by atoms with Crippen LogP contribution in [0.3, 0.4) is 0 Å². The van der Waals surface area contributed by atoms with Gasteiger partial charge in [0.25, 0.3) is 0 Å². The fourth-order valence-corrected chi connectivity index (χ4v) is 2.68. The number of benzene rings is 2. The molecule has 2 aromatic carbocycles. The average Bonchev–Trinajstić information content (AvgIpc) is 2.62. The van der Waals surface area contributed by atoms with Crippen molar-refractivity contribution in [3.05, 3.63) is 71.2 Å². The molecule has 4 heteroatoms. The van der Waals surface area contributed by atoms with E-state index in [0.29, 0.717) is 16.5 Å². The fourth-order valence-electron chi connectivity index (χ4n) is 2.68. The molecule has 0 aliphatic carbocycles. The van der Waals surface area contributed by atoms with Crippen LogP contribution in [0.15, 0.2) is 70.0 Å². The normalized spacial score (nSPS) is 11.0. The van der Waals surface area contributed by atoms with Crippen LogP contribution in [0.5, 0.6) is 5.75 Å². The zero-order chi connectivity index (χ0) is 15.8. The van der Waals surface area contributed by atoms with E-state index in [1.54, 1.807) is 19.4 Å². The van der Waals surface area contributed by atoms with Gasteiger partial charge in [0.15, 0.2) is 0 Å². The summed E-state index contributed by atoms with van der Waals surface area (Å²) < 4.78 is 10.5. The highest BCUT2D eigenvalue weighted by Gasteiger charge is 2.10.